The van der Waals surface area contributed by atoms with E-state index in [1.54, 1.807) is 25.3 Å². The Morgan fingerprint density at radius 1 is 1.23 bits per heavy atom. The second-order valence-corrected chi connectivity index (χ2v) is 7.68. The maximum atomic E-state index is 13.5. The molecule has 0 atom stereocenters. The number of ether oxygens (including phenoxy) is 1. The first-order valence-corrected chi connectivity index (χ1v) is 10.2. The van der Waals surface area contributed by atoms with Gasteiger partial charge >= 0.3 is 12.1 Å². The fourth-order valence-electron chi connectivity index (χ4n) is 3.21. The highest BCUT2D eigenvalue weighted by molar-refractivity contribution is 7.14. The predicted octanol–water partition coefficient (Wildman–Crippen LogP) is 4.93. The molecule has 10 heteroatoms. The van der Waals surface area contributed by atoms with Gasteiger partial charge in [-0.3, -0.25) is 14.9 Å². The second-order valence-electron chi connectivity index (χ2n) is 6.82. The van der Waals surface area contributed by atoms with Crippen LogP contribution in [0.2, 0.25) is 0 Å². The Morgan fingerprint density at radius 2 is 1.94 bits per heavy atom. The Morgan fingerprint density at radius 3 is 2.61 bits per heavy atom. The number of rotatable bonds is 6. The number of nitrogens with zero attached hydrogens (tertiary/aromatic N) is 2. The van der Waals surface area contributed by atoms with Crippen molar-refractivity contribution in [2.75, 3.05) is 11.9 Å². The van der Waals surface area contributed by atoms with Gasteiger partial charge in [0.2, 0.25) is 0 Å². The van der Waals surface area contributed by atoms with Gasteiger partial charge in [0.05, 0.1) is 29.1 Å². The third kappa shape index (κ3) is 5.13. The number of alkyl halides is 3. The van der Waals surface area contributed by atoms with Crippen molar-refractivity contribution in [2.24, 2.45) is 0 Å². The average Bonchev–Trinajstić information content (AvgIpc) is 3.24. The Labute approximate surface area is 180 Å². The molecule has 0 aliphatic carbocycles. The van der Waals surface area contributed by atoms with Crippen LogP contribution in [0.15, 0.2) is 35.7 Å². The predicted molar refractivity (Wildman–Crippen MR) is 111 cm³/mol. The molecule has 164 valence electrons. The van der Waals surface area contributed by atoms with E-state index in [4.69, 9.17) is 4.74 Å². The number of nitrogens with one attached hydrogen (secondary N) is 1. The van der Waals surface area contributed by atoms with E-state index in [0.717, 1.165) is 6.07 Å². The van der Waals surface area contributed by atoms with Gasteiger partial charge in [0.15, 0.2) is 5.13 Å². The number of thiazole rings is 1. The zero-order valence-corrected chi connectivity index (χ0v) is 17.9. The van der Waals surface area contributed by atoms with Gasteiger partial charge in [-0.25, -0.2) is 4.98 Å². The van der Waals surface area contributed by atoms with Crippen molar-refractivity contribution in [2.45, 2.75) is 33.4 Å². The third-order valence-electron chi connectivity index (χ3n) is 4.56. The molecule has 2 aromatic heterocycles. The number of aryl methyl sites for hydroxylation is 1. The Kier molecular flexibility index (Phi) is 6.49. The number of amides is 1. The number of benzene rings is 1. The van der Waals surface area contributed by atoms with Crippen LogP contribution in [0.25, 0.3) is 5.69 Å². The molecule has 0 aliphatic heterocycles. The van der Waals surface area contributed by atoms with Crippen LogP contribution in [0.4, 0.5) is 18.3 Å². The first kappa shape index (κ1) is 22.5. The van der Waals surface area contributed by atoms with Crippen LogP contribution < -0.4 is 5.32 Å². The first-order valence-electron chi connectivity index (χ1n) is 9.32. The fourth-order valence-corrected chi connectivity index (χ4v) is 3.95. The molecule has 6 nitrogen and oxygen atoms in total. The second kappa shape index (κ2) is 8.93. The first-order chi connectivity index (χ1) is 14.6. The van der Waals surface area contributed by atoms with Gasteiger partial charge in [-0.2, -0.15) is 13.2 Å². The van der Waals surface area contributed by atoms with Gasteiger partial charge in [-0.1, -0.05) is 12.1 Å². The largest absolute Gasteiger partial charge is 0.465 e. The van der Waals surface area contributed by atoms with Crippen molar-refractivity contribution in [3.05, 3.63) is 63.9 Å². The minimum absolute atomic E-state index is 0.0361. The maximum Gasteiger partial charge on any atom is 0.418 e. The molecule has 0 saturated carbocycles. The summed E-state index contributed by atoms with van der Waals surface area (Å²) in [6, 6.07) is 6.79. The SMILES string of the molecule is CC(=O)OCCc1csc(NC(=O)c2cc(C)n(-c3ccccc3C(F)(F)F)c2C)n1. The van der Waals surface area contributed by atoms with Crippen molar-refractivity contribution in [3.63, 3.8) is 0 Å². The third-order valence-corrected chi connectivity index (χ3v) is 5.37. The van der Waals surface area contributed by atoms with E-state index in [-0.39, 0.29) is 23.8 Å². The Hall–Kier alpha value is -3.14. The lowest BCUT2D eigenvalue weighted by atomic mass is 10.1. The molecule has 31 heavy (non-hydrogen) atoms. The molecule has 0 spiro atoms. The molecule has 3 aromatic rings. The van der Waals surface area contributed by atoms with Crippen LogP contribution in [0, 0.1) is 13.8 Å². The molecule has 0 aliphatic rings. The van der Waals surface area contributed by atoms with Crippen molar-refractivity contribution < 1.29 is 27.5 Å². The highest BCUT2D eigenvalue weighted by Crippen LogP contribution is 2.35. The molecule has 2 heterocycles. The molecule has 0 radical (unpaired) electrons. The van der Waals surface area contributed by atoms with Crippen LogP contribution in [0.3, 0.4) is 0 Å². The van der Waals surface area contributed by atoms with Crippen molar-refractivity contribution >= 4 is 28.3 Å². The van der Waals surface area contributed by atoms with Gasteiger partial charge in [-0.05, 0) is 32.0 Å². The number of aromatic nitrogens is 2. The minimum Gasteiger partial charge on any atom is -0.465 e. The number of hydrogen-bond acceptors (Lipinski definition) is 5. The summed E-state index contributed by atoms with van der Waals surface area (Å²) in [6.45, 7) is 4.75. The van der Waals surface area contributed by atoms with Crippen LogP contribution in [-0.2, 0) is 22.1 Å². The van der Waals surface area contributed by atoms with Gasteiger partial charge in [-0.15, -0.1) is 11.3 Å². The lowest BCUT2D eigenvalue weighted by molar-refractivity contribution is -0.141. The van der Waals surface area contributed by atoms with Gasteiger partial charge in [0, 0.05) is 30.1 Å². The smallest absolute Gasteiger partial charge is 0.418 e. The molecule has 0 unspecified atom stereocenters. The lowest BCUT2D eigenvalue weighted by Gasteiger charge is -2.16. The molecule has 0 bridgehead atoms. The molecule has 0 fully saturated rings. The Balaban J connectivity index is 1.83. The van der Waals surface area contributed by atoms with Crippen LogP contribution in [-0.4, -0.2) is 28.0 Å². The fraction of sp³-hybridized carbons (Fsp3) is 0.286. The summed E-state index contributed by atoms with van der Waals surface area (Å²) >= 11 is 1.21. The topological polar surface area (TPSA) is 73.2 Å². The molecule has 1 N–H and O–H groups in total. The van der Waals surface area contributed by atoms with Gasteiger partial charge in [0.25, 0.3) is 5.91 Å². The Bertz CT molecular complexity index is 1120. The number of carbonyl (C=O) groups excluding carboxylic acids is 2. The molecule has 0 saturated heterocycles. The summed E-state index contributed by atoms with van der Waals surface area (Å²) in [6.07, 6.45) is -4.11. The highest BCUT2D eigenvalue weighted by Gasteiger charge is 2.34. The van der Waals surface area contributed by atoms with E-state index in [1.165, 1.54) is 41.0 Å². The van der Waals surface area contributed by atoms with Gasteiger partial charge < -0.3 is 9.30 Å². The lowest BCUT2D eigenvalue weighted by Crippen LogP contribution is -2.15. The standard InChI is InChI=1S/C21H20F3N3O3S/c1-12-10-16(13(2)27(12)18-7-5-4-6-17(18)21(22,23)24)19(29)26-20-25-15(11-31-20)8-9-30-14(3)28/h4-7,10-11H,8-9H2,1-3H3,(H,25,26,29). The number of halogens is 3. The quantitative estimate of drug-likeness (QED) is 0.540. The van der Waals surface area contributed by atoms with E-state index < -0.39 is 17.6 Å². The van der Waals surface area contributed by atoms with E-state index in [9.17, 15) is 22.8 Å². The van der Waals surface area contributed by atoms with Crippen LogP contribution in [0.5, 0.6) is 0 Å². The number of hydrogen-bond donors (Lipinski definition) is 1. The molecule has 3 rings (SSSR count). The summed E-state index contributed by atoms with van der Waals surface area (Å²) in [7, 11) is 0. The monoisotopic (exact) mass is 451 g/mol. The van der Waals surface area contributed by atoms with Crippen LogP contribution in [0.1, 0.15) is 39.9 Å². The average molecular weight is 451 g/mol. The summed E-state index contributed by atoms with van der Waals surface area (Å²) in [4.78, 5) is 27.9. The van der Waals surface area contributed by atoms with E-state index >= 15 is 0 Å². The van der Waals surface area contributed by atoms with E-state index in [1.807, 2.05) is 0 Å². The van der Waals surface area contributed by atoms with Gasteiger partial charge in [0.1, 0.15) is 0 Å². The van der Waals surface area contributed by atoms with Crippen LogP contribution >= 0.6 is 11.3 Å². The van der Waals surface area contributed by atoms with Crippen molar-refractivity contribution in [1.82, 2.24) is 9.55 Å². The van der Waals surface area contributed by atoms with E-state index in [2.05, 4.69) is 10.3 Å². The summed E-state index contributed by atoms with van der Waals surface area (Å²) in [5.74, 6) is -0.851. The van der Waals surface area contributed by atoms with Crippen molar-refractivity contribution in [1.29, 1.82) is 0 Å². The maximum absolute atomic E-state index is 13.5. The van der Waals surface area contributed by atoms with Crippen molar-refractivity contribution in [3.8, 4) is 5.69 Å². The minimum atomic E-state index is -4.52. The summed E-state index contributed by atoms with van der Waals surface area (Å²) in [5.41, 5.74) is 0.989. The summed E-state index contributed by atoms with van der Waals surface area (Å²) in [5, 5.41) is 4.77. The number of esters is 1. The normalized spacial score (nSPS) is 11.4. The zero-order valence-electron chi connectivity index (χ0n) is 17.0. The number of anilines is 1. The highest BCUT2D eigenvalue weighted by atomic mass is 32.1. The molecule has 1 aromatic carbocycles. The molecule has 1 amide bonds. The molecular weight excluding hydrogens is 431 g/mol. The number of carbonyl (C=O) groups is 2. The summed E-state index contributed by atoms with van der Waals surface area (Å²) < 4.78 is 46.7. The molecular formula is C21H20F3N3O3S. The van der Waals surface area contributed by atoms with E-state index in [0.29, 0.717) is 28.6 Å². The zero-order chi connectivity index (χ0) is 22.8. The number of para-hydroxylation sites is 1.